The van der Waals surface area contributed by atoms with Gasteiger partial charge in [0.2, 0.25) is 5.91 Å². The normalized spacial score (nSPS) is 18.3. The van der Waals surface area contributed by atoms with Crippen LogP contribution in [0.5, 0.6) is 0 Å². The number of rotatable bonds is 8. The molecular formula is C18H24BrN3O4. The molecule has 0 aliphatic carbocycles. The lowest BCUT2D eigenvalue weighted by Crippen LogP contribution is -2.51. The summed E-state index contributed by atoms with van der Waals surface area (Å²) in [4.78, 5) is 29.8. The summed E-state index contributed by atoms with van der Waals surface area (Å²) in [6, 6.07) is 8.71. The molecule has 26 heavy (non-hydrogen) atoms. The number of ether oxygens (including phenoxy) is 1. The van der Waals surface area contributed by atoms with Crippen molar-refractivity contribution in [1.29, 1.82) is 0 Å². The first-order valence-electron chi connectivity index (χ1n) is 8.62. The first kappa shape index (κ1) is 20.2. The second-order valence-corrected chi connectivity index (χ2v) is 7.13. The molecule has 2 amide bonds. The van der Waals surface area contributed by atoms with Gasteiger partial charge in [0.25, 0.3) is 0 Å². The molecule has 142 valence electrons. The number of halogens is 1. The van der Waals surface area contributed by atoms with Crippen molar-refractivity contribution in [2.45, 2.75) is 45.4 Å². The second-order valence-electron chi connectivity index (χ2n) is 6.21. The van der Waals surface area contributed by atoms with Crippen molar-refractivity contribution in [2.24, 2.45) is 11.1 Å². The minimum atomic E-state index is -0.672. The van der Waals surface area contributed by atoms with Crippen LogP contribution in [0.4, 0.5) is 4.79 Å². The van der Waals surface area contributed by atoms with Crippen molar-refractivity contribution in [3.63, 3.8) is 0 Å². The number of hydrogen-bond acceptors (Lipinski definition) is 5. The van der Waals surface area contributed by atoms with Crippen LogP contribution in [0.2, 0.25) is 0 Å². The number of benzene rings is 1. The highest BCUT2D eigenvalue weighted by molar-refractivity contribution is 9.18. The maximum Gasteiger partial charge on any atom is 0.408 e. The van der Waals surface area contributed by atoms with Gasteiger partial charge in [0, 0.05) is 6.42 Å². The van der Waals surface area contributed by atoms with Gasteiger partial charge in [0.1, 0.15) is 17.3 Å². The molecule has 8 heteroatoms. The lowest BCUT2D eigenvalue weighted by molar-refractivity contribution is -0.124. The third kappa shape index (κ3) is 6.33. The van der Waals surface area contributed by atoms with Gasteiger partial charge < -0.3 is 20.2 Å². The fourth-order valence-electron chi connectivity index (χ4n) is 2.42. The average Bonchev–Trinajstić information content (AvgIpc) is 3.08. The highest BCUT2D eigenvalue weighted by Crippen LogP contribution is 2.14. The van der Waals surface area contributed by atoms with Gasteiger partial charge in [0.05, 0.1) is 6.54 Å². The number of carbonyl (C=O) groups is 2. The lowest BCUT2D eigenvalue weighted by atomic mass is 9.98. The Kier molecular flexibility index (Phi) is 7.90. The van der Waals surface area contributed by atoms with E-state index in [-0.39, 0.29) is 24.5 Å². The van der Waals surface area contributed by atoms with Gasteiger partial charge in [-0.25, -0.2) is 4.79 Å². The summed E-state index contributed by atoms with van der Waals surface area (Å²) in [5, 5.41) is 9.27. The summed E-state index contributed by atoms with van der Waals surface area (Å²) >= 11 is 3.26. The van der Waals surface area contributed by atoms with E-state index >= 15 is 0 Å². The van der Waals surface area contributed by atoms with Crippen LogP contribution in [0.3, 0.4) is 0 Å². The summed E-state index contributed by atoms with van der Waals surface area (Å²) in [7, 11) is 0. The van der Waals surface area contributed by atoms with Gasteiger partial charge in [-0.3, -0.25) is 4.79 Å². The van der Waals surface area contributed by atoms with E-state index in [2.05, 4.69) is 31.7 Å². The molecule has 0 fully saturated rings. The molecule has 1 heterocycles. The summed E-state index contributed by atoms with van der Waals surface area (Å²) in [5.41, 5.74) is 0.885. The molecule has 1 aromatic rings. The topological polar surface area (TPSA) is 89.0 Å². The molecule has 0 spiro atoms. The van der Waals surface area contributed by atoms with Crippen molar-refractivity contribution < 1.29 is 19.2 Å². The van der Waals surface area contributed by atoms with Crippen molar-refractivity contribution in [2.75, 3.05) is 6.54 Å². The predicted octanol–water partition coefficient (Wildman–Crippen LogP) is 2.94. The van der Waals surface area contributed by atoms with Gasteiger partial charge >= 0.3 is 6.09 Å². The highest BCUT2D eigenvalue weighted by Gasteiger charge is 2.28. The molecule has 1 aliphatic heterocycles. The molecule has 0 bridgehead atoms. The van der Waals surface area contributed by atoms with E-state index in [0.29, 0.717) is 13.0 Å². The van der Waals surface area contributed by atoms with E-state index in [9.17, 15) is 9.59 Å². The number of hydrogen-bond donors (Lipinski definition) is 2. The van der Waals surface area contributed by atoms with Crippen molar-refractivity contribution in [3.05, 3.63) is 35.9 Å². The number of nitrogens with zero attached hydrogens (tertiary/aromatic N) is 1. The molecule has 3 atom stereocenters. The predicted molar refractivity (Wildman–Crippen MR) is 102 cm³/mol. The Morgan fingerprint density at radius 1 is 1.38 bits per heavy atom. The fourth-order valence-corrected chi connectivity index (χ4v) is 2.87. The zero-order valence-corrected chi connectivity index (χ0v) is 16.5. The molecular weight excluding hydrogens is 402 g/mol. The first-order chi connectivity index (χ1) is 12.5. The summed E-state index contributed by atoms with van der Waals surface area (Å²) in [5.74, 6) is -0.297. The number of oxime groups is 1. The zero-order chi connectivity index (χ0) is 18.9. The van der Waals surface area contributed by atoms with Crippen LogP contribution in [0.25, 0.3) is 0 Å². The molecule has 7 nitrogen and oxygen atoms in total. The summed E-state index contributed by atoms with van der Waals surface area (Å²) in [6.45, 7) is 4.36. The van der Waals surface area contributed by atoms with Gasteiger partial charge in [-0.1, -0.05) is 55.8 Å². The van der Waals surface area contributed by atoms with E-state index < -0.39 is 12.1 Å². The van der Waals surface area contributed by atoms with Crippen molar-refractivity contribution >= 4 is 32.6 Å². The van der Waals surface area contributed by atoms with Gasteiger partial charge in [0.15, 0.2) is 6.10 Å². The van der Waals surface area contributed by atoms with E-state index in [1.165, 1.54) is 0 Å². The molecule has 2 N–H and O–H groups in total. The monoisotopic (exact) mass is 425 g/mol. The van der Waals surface area contributed by atoms with Crippen molar-refractivity contribution in [3.8, 4) is 0 Å². The third-order valence-corrected chi connectivity index (χ3v) is 4.65. The van der Waals surface area contributed by atoms with Crippen molar-refractivity contribution in [1.82, 2.24) is 10.6 Å². The van der Waals surface area contributed by atoms with E-state index in [1.54, 1.807) is 0 Å². The quantitative estimate of drug-likeness (QED) is 0.669. The Morgan fingerprint density at radius 3 is 2.73 bits per heavy atom. The SMILES string of the molecule is CC[C@H](C)[C@H](NC(=O)OCc1ccccc1)C(=O)NCC1CC(Br)=NO1. The Labute approximate surface area is 161 Å². The zero-order valence-electron chi connectivity index (χ0n) is 14.9. The fraction of sp³-hybridized carbons (Fsp3) is 0.500. The second kappa shape index (κ2) is 10.2. The molecule has 1 unspecified atom stereocenters. The Balaban J connectivity index is 1.83. The van der Waals surface area contributed by atoms with Crippen LogP contribution in [-0.4, -0.2) is 35.3 Å². The van der Waals surface area contributed by atoms with Gasteiger partial charge in [-0.2, -0.15) is 0 Å². The summed E-state index contributed by atoms with van der Waals surface area (Å²) < 4.78 is 5.94. The molecule has 0 aromatic heterocycles. The van der Waals surface area contributed by atoms with E-state index in [4.69, 9.17) is 9.57 Å². The lowest BCUT2D eigenvalue weighted by Gasteiger charge is -2.23. The molecule has 1 aliphatic rings. The van der Waals surface area contributed by atoms with Crippen LogP contribution in [0, 0.1) is 5.92 Å². The maximum atomic E-state index is 12.5. The third-order valence-electron chi connectivity index (χ3n) is 4.18. The highest BCUT2D eigenvalue weighted by atomic mass is 79.9. The maximum absolute atomic E-state index is 12.5. The van der Waals surface area contributed by atoms with E-state index in [1.807, 2.05) is 44.2 Å². The Morgan fingerprint density at radius 2 is 2.12 bits per heavy atom. The minimum Gasteiger partial charge on any atom is -0.445 e. The number of carbonyl (C=O) groups excluding carboxylic acids is 2. The molecule has 0 saturated carbocycles. The van der Waals surface area contributed by atoms with Crippen LogP contribution < -0.4 is 10.6 Å². The largest absolute Gasteiger partial charge is 0.445 e. The summed E-state index contributed by atoms with van der Waals surface area (Å²) in [6.07, 6.45) is 0.542. The van der Waals surface area contributed by atoms with Gasteiger partial charge in [-0.05, 0) is 27.4 Å². The smallest absolute Gasteiger partial charge is 0.408 e. The standard InChI is InChI=1S/C18H24BrN3O4/c1-3-12(2)16(17(23)20-10-14-9-15(19)22-26-14)21-18(24)25-11-13-7-5-4-6-8-13/h4-8,12,14,16H,3,9-11H2,1-2H3,(H,20,23)(H,21,24)/t12-,14?,16-/m0/s1. The molecule has 1 aromatic carbocycles. The Hall–Kier alpha value is -2.09. The number of amides is 2. The van der Waals surface area contributed by atoms with Gasteiger partial charge in [-0.15, -0.1) is 0 Å². The Bertz CT molecular complexity index is 639. The average molecular weight is 426 g/mol. The van der Waals surface area contributed by atoms with Crippen LogP contribution >= 0.6 is 15.9 Å². The molecule has 0 radical (unpaired) electrons. The van der Waals surface area contributed by atoms with Crippen LogP contribution in [0.15, 0.2) is 35.5 Å². The van der Waals surface area contributed by atoms with E-state index in [0.717, 1.165) is 16.6 Å². The molecule has 0 saturated heterocycles. The minimum absolute atomic E-state index is 0.0354. The van der Waals surface area contributed by atoms with Crippen LogP contribution in [0.1, 0.15) is 32.3 Å². The number of nitrogens with one attached hydrogen (secondary N) is 2. The first-order valence-corrected chi connectivity index (χ1v) is 9.42. The molecule has 2 rings (SSSR count). The van der Waals surface area contributed by atoms with Crippen LogP contribution in [-0.2, 0) is 21.0 Å². The number of alkyl carbamates (subject to hydrolysis) is 1.